The van der Waals surface area contributed by atoms with E-state index in [0.717, 1.165) is 0 Å². The standard InChI is InChI=1S/C7H11N3O3S/c1-10-4-5(14(3,8)12)6(9-10)7(11)13-2/h4,8H,1-3H3. The van der Waals surface area contributed by atoms with Crippen LogP contribution >= 0.6 is 0 Å². The van der Waals surface area contributed by atoms with Crippen molar-refractivity contribution in [2.45, 2.75) is 4.90 Å². The van der Waals surface area contributed by atoms with E-state index in [9.17, 15) is 9.00 Å². The van der Waals surface area contributed by atoms with E-state index in [0.29, 0.717) is 0 Å². The molecule has 6 nitrogen and oxygen atoms in total. The van der Waals surface area contributed by atoms with Gasteiger partial charge in [0.1, 0.15) is 0 Å². The summed E-state index contributed by atoms with van der Waals surface area (Å²) >= 11 is 0. The molecule has 1 heterocycles. The number of esters is 1. The Balaban J connectivity index is 3.38. The van der Waals surface area contributed by atoms with Crippen molar-refractivity contribution in [1.29, 1.82) is 4.78 Å². The Morgan fingerprint density at radius 1 is 1.71 bits per heavy atom. The molecule has 14 heavy (non-hydrogen) atoms. The highest BCUT2D eigenvalue weighted by molar-refractivity contribution is 7.91. The molecule has 1 aromatic heterocycles. The average Bonchev–Trinajstić information content (AvgIpc) is 2.45. The Bertz CT molecular complexity index is 461. The molecule has 1 atom stereocenters. The fourth-order valence-corrected chi connectivity index (χ4v) is 1.84. The number of carbonyl (C=O) groups is 1. The second-order valence-electron chi connectivity index (χ2n) is 2.85. The molecule has 0 aromatic carbocycles. The first-order valence-corrected chi connectivity index (χ1v) is 5.68. The molecule has 0 amide bonds. The van der Waals surface area contributed by atoms with Crippen LogP contribution in [0.1, 0.15) is 10.5 Å². The highest BCUT2D eigenvalue weighted by atomic mass is 32.2. The van der Waals surface area contributed by atoms with E-state index in [-0.39, 0.29) is 10.6 Å². The number of nitrogens with one attached hydrogen (secondary N) is 1. The van der Waals surface area contributed by atoms with Gasteiger partial charge in [-0.05, 0) is 0 Å². The zero-order valence-corrected chi connectivity index (χ0v) is 8.92. The van der Waals surface area contributed by atoms with E-state index in [2.05, 4.69) is 9.84 Å². The third-order valence-corrected chi connectivity index (χ3v) is 2.73. The van der Waals surface area contributed by atoms with E-state index in [1.165, 1.54) is 24.2 Å². The van der Waals surface area contributed by atoms with Crippen LogP contribution < -0.4 is 0 Å². The molecule has 0 spiro atoms. The molecule has 0 aliphatic heterocycles. The van der Waals surface area contributed by atoms with Gasteiger partial charge in [0.05, 0.1) is 21.7 Å². The molecular weight excluding hydrogens is 206 g/mol. The first-order valence-electron chi connectivity index (χ1n) is 3.72. The summed E-state index contributed by atoms with van der Waals surface area (Å²) in [6.45, 7) is 0. The lowest BCUT2D eigenvalue weighted by atomic mass is 10.4. The van der Waals surface area contributed by atoms with Gasteiger partial charge in [0.15, 0.2) is 5.69 Å². The minimum Gasteiger partial charge on any atom is -0.464 e. The van der Waals surface area contributed by atoms with Crippen LogP contribution in [0.25, 0.3) is 0 Å². The smallest absolute Gasteiger partial charge is 0.359 e. The largest absolute Gasteiger partial charge is 0.464 e. The first kappa shape index (κ1) is 10.7. The third kappa shape index (κ3) is 1.92. The van der Waals surface area contributed by atoms with Gasteiger partial charge in [-0.15, -0.1) is 0 Å². The first-order chi connectivity index (χ1) is 6.36. The molecule has 0 bridgehead atoms. The molecular formula is C7H11N3O3S. The summed E-state index contributed by atoms with van der Waals surface area (Å²) in [7, 11) is -0.157. The maximum Gasteiger partial charge on any atom is 0.359 e. The minimum atomic E-state index is -2.95. The van der Waals surface area contributed by atoms with Gasteiger partial charge in [0, 0.05) is 19.5 Å². The van der Waals surface area contributed by atoms with Crippen LogP contribution in [-0.4, -0.2) is 33.3 Å². The number of methoxy groups -OCH3 is 1. The predicted octanol–water partition coefficient (Wildman–Crippen LogP) is 0.242. The Hall–Kier alpha value is -1.37. The van der Waals surface area contributed by atoms with Crippen LogP contribution in [0.15, 0.2) is 11.1 Å². The highest BCUT2D eigenvalue weighted by Gasteiger charge is 2.21. The molecule has 7 heteroatoms. The lowest BCUT2D eigenvalue weighted by Gasteiger charge is -1.99. The highest BCUT2D eigenvalue weighted by Crippen LogP contribution is 2.14. The fourth-order valence-electron chi connectivity index (χ4n) is 0.990. The topological polar surface area (TPSA) is 85.0 Å². The maximum atomic E-state index is 11.4. The van der Waals surface area contributed by atoms with Gasteiger partial charge in [-0.1, -0.05) is 0 Å². The van der Waals surface area contributed by atoms with E-state index >= 15 is 0 Å². The SMILES string of the molecule is COC(=O)c1nn(C)cc1S(C)(=N)=O. The van der Waals surface area contributed by atoms with E-state index in [1.54, 1.807) is 7.05 Å². The van der Waals surface area contributed by atoms with E-state index in [4.69, 9.17) is 4.78 Å². The van der Waals surface area contributed by atoms with Gasteiger partial charge in [-0.25, -0.2) is 13.8 Å². The van der Waals surface area contributed by atoms with Gasteiger partial charge >= 0.3 is 5.97 Å². The molecule has 78 valence electrons. The Labute approximate surface area is 81.8 Å². The normalized spacial score (nSPS) is 14.8. The van der Waals surface area contributed by atoms with Crippen LogP contribution in [0.3, 0.4) is 0 Å². The van der Waals surface area contributed by atoms with Crippen LogP contribution in [0.5, 0.6) is 0 Å². The molecule has 0 aliphatic carbocycles. The summed E-state index contributed by atoms with van der Waals surface area (Å²) in [5.41, 5.74) is -0.0579. The molecule has 1 N–H and O–H groups in total. The van der Waals surface area contributed by atoms with Crippen molar-refractivity contribution in [3.63, 3.8) is 0 Å². The van der Waals surface area contributed by atoms with Crippen molar-refractivity contribution in [3.8, 4) is 0 Å². The molecule has 0 radical (unpaired) electrons. The summed E-state index contributed by atoms with van der Waals surface area (Å²) in [4.78, 5) is 11.3. The molecule has 1 unspecified atom stereocenters. The number of aromatic nitrogens is 2. The van der Waals surface area contributed by atoms with Crippen LogP contribution in [0.4, 0.5) is 0 Å². The van der Waals surface area contributed by atoms with Crippen LogP contribution in [0.2, 0.25) is 0 Å². The summed E-state index contributed by atoms with van der Waals surface area (Å²) in [5, 5.41) is 3.79. The molecule has 0 fully saturated rings. The van der Waals surface area contributed by atoms with Gasteiger partial charge < -0.3 is 4.74 Å². The Morgan fingerprint density at radius 3 is 2.71 bits per heavy atom. The average molecular weight is 217 g/mol. The molecule has 1 rings (SSSR count). The zero-order valence-electron chi connectivity index (χ0n) is 8.10. The fraction of sp³-hybridized carbons (Fsp3) is 0.429. The van der Waals surface area contributed by atoms with Crippen LogP contribution in [0, 0.1) is 4.78 Å². The van der Waals surface area contributed by atoms with E-state index in [1.807, 2.05) is 0 Å². The summed E-state index contributed by atoms with van der Waals surface area (Å²) in [6, 6.07) is 0. The number of aryl methyl sites for hydroxylation is 1. The second kappa shape index (κ2) is 3.41. The van der Waals surface area contributed by atoms with Crippen molar-refractivity contribution < 1.29 is 13.7 Å². The Morgan fingerprint density at radius 2 is 2.29 bits per heavy atom. The van der Waals surface area contributed by atoms with Crippen molar-refractivity contribution in [2.75, 3.05) is 13.4 Å². The van der Waals surface area contributed by atoms with Crippen LogP contribution in [-0.2, 0) is 21.5 Å². The summed E-state index contributed by atoms with van der Waals surface area (Å²) < 4.78 is 24.6. The zero-order chi connectivity index (χ0) is 10.9. The minimum absolute atomic E-state index is 0.0579. The van der Waals surface area contributed by atoms with Crippen molar-refractivity contribution in [1.82, 2.24) is 9.78 Å². The Kier molecular flexibility index (Phi) is 2.61. The number of rotatable bonds is 2. The van der Waals surface area contributed by atoms with Crippen molar-refractivity contribution >= 4 is 15.7 Å². The number of carbonyl (C=O) groups excluding carboxylic acids is 1. The molecule has 0 saturated heterocycles. The van der Waals surface area contributed by atoms with E-state index < -0.39 is 15.7 Å². The molecule has 0 saturated carbocycles. The van der Waals surface area contributed by atoms with Gasteiger partial charge in [0.25, 0.3) is 0 Å². The number of hydrogen-bond donors (Lipinski definition) is 1. The lowest BCUT2D eigenvalue weighted by molar-refractivity contribution is 0.0589. The third-order valence-electron chi connectivity index (χ3n) is 1.59. The quantitative estimate of drug-likeness (QED) is 0.719. The monoisotopic (exact) mass is 217 g/mol. The predicted molar refractivity (Wildman–Crippen MR) is 49.6 cm³/mol. The molecule has 0 aliphatic rings. The van der Waals surface area contributed by atoms with Gasteiger partial charge in [-0.3, -0.25) is 4.68 Å². The van der Waals surface area contributed by atoms with Crippen molar-refractivity contribution in [3.05, 3.63) is 11.9 Å². The van der Waals surface area contributed by atoms with Gasteiger partial charge in [0.2, 0.25) is 0 Å². The molecule has 1 aromatic rings. The van der Waals surface area contributed by atoms with Crippen molar-refractivity contribution in [2.24, 2.45) is 7.05 Å². The number of ether oxygens (including phenoxy) is 1. The summed E-state index contributed by atoms with van der Waals surface area (Å²) in [5.74, 6) is -0.678. The number of nitrogens with zero attached hydrogens (tertiary/aromatic N) is 2. The summed E-state index contributed by atoms with van der Waals surface area (Å²) in [6.07, 6.45) is 2.62. The second-order valence-corrected chi connectivity index (χ2v) is 4.98. The van der Waals surface area contributed by atoms with Gasteiger partial charge in [-0.2, -0.15) is 5.10 Å². The maximum absolute atomic E-state index is 11.4. The lowest BCUT2D eigenvalue weighted by Crippen LogP contribution is -2.08. The number of hydrogen-bond acceptors (Lipinski definition) is 5.